The number of nitro benzene ring substituents is 1. The average Bonchev–Trinajstić information content (AvgIpc) is 2.16. The number of hydrogen-bond donors (Lipinski definition) is 3. The first-order valence-electron chi connectivity index (χ1n) is 4.00. The number of anilines is 1. The molecule has 0 aliphatic rings. The van der Waals surface area contributed by atoms with Gasteiger partial charge in [-0.3, -0.25) is 15.5 Å². The highest BCUT2D eigenvalue weighted by Crippen LogP contribution is 2.20. The molecule has 0 aliphatic heterocycles. The molecule has 1 rings (SSSR count). The lowest BCUT2D eigenvalue weighted by atomic mass is 10.2. The molecule has 0 fully saturated rings. The number of hydrazine groups is 1. The third-order valence-electron chi connectivity index (χ3n) is 1.74. The molecule has 0 aliphatic carbocycles. The predicted molar refractivity (Wildman–Crippen MR) is 52.6 cm³/mol. The van der Waals surface area contributed by atoms with Crippen LogP contribution in [0.15, 0.2) is 18.2 Å². The highest BCUT2D eigenvalue weighted by atomic mass is 16.6. The SMILES string of the molecule is Cc1ccc([N+](=O)[O-])cc1NNC(=O)O. The Balaban J connectivity index is 2.90. The van der Waals surface area contributed by atoms with Crippen molar-refractivity contribution in [1.82, 2.24) is 5.43 Å². The van der Waals surface area contributed by atoms with Crippen molar-refractivity contribution in [3.63, 3.8) is 0 Å². The van der Waals surface area contributed by atoms with Crippen LogP contribution in [0.1, 0.15) is 5.56 Å². The van der Waals surface area contributed by atoms with Crippen LogP contribution in [0.5, 0.6) is 0 Å². The van der Waals surface area contributed by atoms with Gasteiger partial charge in [-0.1, -0.05) is 6.07 Å². The highest BCUT2D eigenvalue weighted by molar-refractivity contribution is 5.68. The van der Waals surface area contributed by atoms with Crippen LogP contribution in [-0.4, -0.2) is 16.1 Å². The van der Waals surface area contributed by atoms with Gasteiger partial charge in [0.15, 0.2) is 0 Å². The summed E-state index contributed by atoms with van der Waals surface area (Å²) in [6, 6.07) is 4.14. The van der Waals surface area contributed by atoms with Crippen molar-refractivity contribution in [3.05, 3.63) is 33.9 Å². The van der Waals surface area contributed by atoms with Gasteiger partial charge in [0, 0.05) is 12.1 Å². The van der Waals surface area contributed by atoms with Crippen molar-refractivity contribution in [2.24, 2.45) is 0 Å². The monoisotopic (exact) mass is 211 g/mol. The molecule has 0 unspecified atom stereocenters. The van der Waals surface area contributed by atoms with Gasteiger partial charge in [0.2, 0.25) is 0 Å². The fourth-order valence-electron chi connectivity index (χ4n) is 0.979. The zero-order valence-corrected chi connectivity index (χ0v) is 7.85. The van der Waals surface area contributed by atoms with Crippen LogP contribution in [0.2, 0.25) is 0 Å². The van der Waals surface area contributed by atoms with Crippen LogP contribution in [0.25, 0.3) is 0 Å². The number of benzene rings is 1. The lowest BCUT2D eigenvalue weighted by molar-refractivity contribution is -0.384. The topological polar surface area (TPSA) is 105 Å². The van der Waals surface area contributed by atoms with Gasteiger partial charge in [0.25, 0.3) is 5.69 Å². The van der Waals surface area contributed by atoms with Gasteiger partial charge in [-0.05, 0) is 12.5 Å². The fraction of sp³-hybridized carbons (Fsp3) is 0.125. The van der Waals surface area contributed by atoms with E-state index >= 15 is 0 Å². The molecular formula is C8H9N3O4. The molecule has 1 amide bonds. The molecular weight excluding hydrogens is 202 g/mol. The fourth-order valence-corrected chi connectivity index (χ4v) is 0.979. The Bertz CT molecular complexity index is 405. The summed E-state index contributed by atoms with van der Waals surface area (Å²) in [5.41, 5.74) is 5.22. The Hall–Kier alpha value is -2.31. The standard InChI is InChI=1S/C8H9N3O4/c1-5-2-3-6(11(14)15)4-7(5)9-10-8(12)13/h2-4,9-10H,1H3,(H,12,13). The second-order valence-corrected chi connectivity index (χ2v) is 2.81. The number of hydrogen-bond acceptors (Lipinski definition) is 4. The number of aryl methyl sites for hydroxylation is 1. The number of amides is 1. The lowest BCUT2D eigenvalue weighted by Gasteiger charge is -2.07. The largest absolute Gasteiger partial charge is 0.464 e. The minimum atomic E-state index is -1.26. The second-order valence-electron chi connectivity index (χ2n) is 2.81. The Morgan fingerprint density at radius 1 is 1.53 bits per heavy atom. The molecule has 0 bridgehead atoms. The van der Waals surface area contributed by atoms with E-state index in [0.717, 1.165) is 0 Å². The molecule has 0 saturated heterocycles. The highest BCUT2D eigenvalue weighted by Gasteiger charge is 2.08. The number of non-ortho nitro benzene ring substituents is 1. The predicted octanol–water partition coefficient (Wildman–Crippen LogP) is 1.50. The molecule has 0 radical (unpaired) electrons. The van der Waals surface area contributed by atoms with Crippen molar-refractivity contribution < 1.29 is 14.8 Å². The Labute approximate surface area is 84.8 Å². The lowest BCUT2D eigenvalue weighted by Crippen LogP contribution is -2.27. The molecule has 1 aromatic carbocycles. The third-order valence-corrected chi connectivity index (χ3v) is 1.74. The average molecular weight is 211 g/mol. The van der Waals surface area contributed by atoms with Crippen LogP contribution in [0.3, 0.4) is 0 Å². The van der Waals surface area contributed by atoms with E-state index in [2.05, 4.69) is 5.43 Å². The summed E-state index contributed by atoms with van der Waals surface area (Å²) in [4.78, 5) is 20.1. The Morgan fingerprint density at radius 3 is 2.73 bits per heavy atom. The van der Waals surface area contributed by atoms with Gasteiger partial charge < -0.3 is 5.11 Å². The minimum Gasteiger partial charge on any atom is -0.464 e. The van der Waals surface area contributed by atoms with Crippen LogP contribution in [-0.2, 0) is 0 Å². The third kappa shape index (κ3) is 2.83. The van der Waals surface area contributed by atoms with Gasteiger partial charge in [0.1, 0.15) is 0 Å². The zero-order valence-electron chi connectivity index (χ0n) is 7.85. The second kappa shape index (κ2) is 4.27. The van der Waals surface area contributed by atoms with E-state index in [1.165, 1.54) is 18.2 Å². The van der Waals surface area contributed by atoms with E-state index < -0.39 is 11.0 Å². The molecule has 0 heterocycles. The first-order valence-corrected chi connectivity index (χ1v) is 4.00. The Morgan fingerprint density at radius 2 is 2.20 bits per heavy atom. The summed E-state index contributed by atoms with van der Waals surface area (Å²) in [6.07, 6.45) is -1.26. The van der Waals surface area contributed by atoms with Crippen LogP contribution in [0.4, 0.5) is 16.2 Å². The molecule has 0 aromatic heterocycles. The number of nitrogens with one attached hydrogen (secondary N) is 2. The molecule has 0 atom stereocenters. The summed E-state index contributed by atoms with van der Waals surface area (Å²) < 4.78 is 0. The van der Waals surface area contributed by atoms with Gasteiger partial charge in [0.05, 0.1) is 10.6 Å². The maximum absolute atomic E-state index is 10.4. The van der Waals surface area contributed by atoms with Crippen molar-refractivity contribution >= 4 is 17.5 Å². The minimum absolute atomic E-state index is 0.102. The molecule has 1 aromatic rings. The molecule has 0 spiro atoms. The van der Waals surface area contributed by atoms with Crippen molar-refractivity contribution in [2.45, 2.75) is 6.92 Å². The van der Waals surface area contributed by atoms with Gasteiger partial charge in [-0.15, -0.1) is 0 Å². The van der Waals surface area contributed by atoms with Crippen LogP contribution >= 0.6 is 0 Å². The quantitative estimate of drug-likeness (QED) is 0.519. The van der Waals surface area contributed by atoms with E-state index in [9.17, 15) is 14.9 Å². The number of nitrogens with zero attached hydrogens (tertiary/aromatic N) is 1. The summed E-state index contributed by atoms with van der Waals surface area (Å²) in [7, 11) is 0. The van der Waals surface area contributed by atoms with Gasteiger partial charge >= 0.3 is 6.09 Å². The molecule has 7 nitrogen and oxygen atoms in total. The van der Waals surface area contributed by atoms with Gasteiger partial charge in [-0.2, -0.15) is 0 Å². The zero-order chi connectivity index (χ0) is 11.4. The Kier molecular flexibility index (Phi) is 3.06. The van der Waals surface area contributed by atoms with E-state index in [1.807, 2.05) is 5.43 Å². The number of nitro groups is 1. The number of carbonyl (C=O) groups is 1. The maximum atomic E-state index is 10.4. The normalized spacial score (nSPS) is 9.40. The number of carboxylic acid groups (broad SMARTS) is 1. The summed E-state index contributed by atoms with van der Waals surface area (Å²) in [5.74, 6) is 0. The van der Waals surface area contributed by atoms with Crippen molar-refractivity contribution in [1.29, 1.82) is 0 Å². The number of rotatable bonds is 3. The van der Waals surface area contributed by atoms with Crippen molar-refractivity contribution in [3.8, 4) is 0 Å². The summed E-state index contributed by atoms with van der Waals surface area (Å²) >= 11 is 0. The molecule has 3 N–H and O–H groups in total. The van der Waals surface area contributed by atoms with E-state index in [1.54, 1.807) is 6.92 Å². The van der Waals surface area contributed by atoms with Gasteiger partial charge in [-0.25, -0.2) is 10.2 Å². The first kappa shape index (κ1) is 10.8. The first-order chi connectivity index (χ1) is 7.00. The van der Waals surface area contributed by atoms with E-state index in [4.69, 9.17) is 5.11 Å². The van der Waals surface area contributed by atoms with Crippen molar-refractivity contribution in [2.75, 3.05) is 5.43 Å². The van der Waals surface area contributed by atoms with E-state index in [-0.39, 0.29) is 5.69 Å². The smallest absolute Gasteiger partial charge is 0.423 e. The molecule has 15 heavy (non-hydrogen) atoms. The summed E-state index contributed by atoms with van der Waals surface area (Å²) in [6.45, 7) is 1.70. The molecule has 7 heteroatoms. The van der Waals surface area contributed by atoms with Crippen LogP contribution < -0.4 is 10.9 Å². The van der Waals surface area contributed by atoms with E-state index in [0.29, 0.717) is 11.3 Å². The molecule has 80 valence electrons. The maximum Gasteiger partial charge on any atom is 0.423 e. The van der Waals surface area contributed by atoms with Crippen LogP contribution in [0, 0.1) is 17.0 Å². The molecule has 0 saturated carbocycles. The summed E-state index contributed by atoms with van der Waals surface area (Å²) in [5, 5.41) is 18.8.